The number of thiazole rings is 1. The van der Waals surface area contributed by atoms with Gasteiger partial charge in [0.1, 0.15) is 0 Å². The van der Waals surface area contributed by atoms with Crippen LogP contribution in [0.3, 0.4) is 0 Å². The van der Waals surface area contributed by atoms with E-state index in [2.05, 4.69) is 28.9 Å². The van der Waals surface area contributed by atoms with E-state index in [4.69, 9.17) is 0 Å². The van der Waals surface area contributed by atoms with Crippen LogP contribution in [0.25, 0.3) is 0 Å². The van der Waals surface area contributed by atoms with Crippen LogP contribution >= 0.6 is 11.3 Å². The molecule has 0 saturated carbocycles. The van der Waals surface area contributed by atoms with Crippen LogP contribution < -0.4 is 9.80 Å². The van der Waals surface area contributed by atoms with Gasteiger partial charge >= 0.3 is 0 Å². The Morgan fingerprint density at radius 2 is 1.93 bits per heavy atom. The van der Waals surface area contributed by atoms with Crippen LogP contribution in [0.5, 0.6) is 0 Å². The second kappa shape index (κ2) is 8.31. The lowest BCUT2D eigenvalue weighted by Crippen LogP contribution is -2.50. The lowest BCUT2D eigenvalue weighted by molar-refractivity contribution is -0.136. The van der Waals surface area contributed by atoms with Gasteiger partial charge in [-0.1, -0.05) is 25.5 Å². The Labute approximate surface area is 169 Å². The maximum absolute atomic E-state index is 13.0. The van der Waals surface area contributed by atoms with Crippen molar-refractivity contribution in [3.05, 3.63) is 41.4 Å². The first-order valence-electron chi connectivity index (χ1n) is 9.98. The van der Waals surface area contributed by atoms with Gasteiger partial charge in [-0.05, 0) is 24.1 Å². The van der Waals surface area contributed by atoms with E-state index in [1.54, 1.807) is 16.2 Å². The molecule has 1 aromatic carbocycles. The second-order valence-electron chi connectivity index (χ2n) is 7.45. The second-order valence-corrected chi connectivity index (χ2v) is 8.32. The van der Waals surface area contributed by atoms with E-state index in [-0.39, 0.29) is 17.7 Å². The lowest BCUT2D eigenvalue weighted by atomic mass is 10.1. The molecule has 2 fully saturated rings. The Morgan fingerprint density at radius 1 is 1.18 bits per heavy atom. The van der Waals surface area contributed by atoms with Crippen LogP contribution in [0.2, 0.25) is 0 Å². The summed E-state index contributed by atoms with van der Waals surface area (Å²) in [5, 5.41) is 2.99. The number of piperazine rings is 1. The minimum atomic E-state index is -0.241. The van der Waals surface area contributed by atoms with E-state index in [1.165, 1.54) is 5.56 Å². The van der Waals surface area contributed by atoms with Crippen molar-refractivity contribution in [2.75, 3.05) is 42.5 Å². The number of benzene rings is 1. The summed E-state index contributed by atoms with van der Waals surface area (Å²) in [5.41, 5.74) is 2.18. The smallest absolute Gasteiger partial charge is 0.228 e. The molecule has 148 valence electrons. The topological polar surface area (TPSA) is 56.8 Å². The minimum absolute atomic E-state index is 0.0445. The fourth-order valence-electron chi connectivity index (χ4n) is 4.00. The molecule has 0 N–H and O–H groups in total. The van der Waals surface area contributed by atoms with Crippen molar-refractivity contribution in [3.8, 4) is 0 Å². The summed E-state index contributed by atoms with van der Waals surface area (Å²) in [6.45, 7) is 5.61. The zero-order valence-electron chi connectivity index (χ0n) is 16.2. The Bertz CT molecular complexity index is 813. The van der Waals surface area contributed by atoms with E-state index in [0.29, 0.717) is 26.1 Å². The lowest BCUT2D eigenvalue weighted by Gasteiger charge is -2.35. The molecular formula is C21H26N4O2S. The van der Waals surface area contributed by atoms with Crippen molar-refractivity contribution in [1.29, 1.82) is 0 Å². The van der Waals surface area contributed by atoms with Crippen molar-refractivity contribution in [2.24, 2.45) is 5.92 Å². The SMILES string of the molecule is CCCc1ccc(N2C[C@@H](C(=O)N3CCN(c4nccs4)CC3)CC2=O)cc1. The number of nitrogens with zero attached hydrogens (tertiary/aromatic N) is 4. The largest absolute Gasteiger partial charge is 0.345 e. The number of anilines is 2. The maximum atomic E-state index is 13.0. The third-order valence-electron chi connectivity index (χ3n) is 5.54. The number of carbonyl (C=O) groups excluding carboxylic acids is 2. The van der Waals surface area contributed by atoms with Gasteiger partial charge in [-0.15, -0.1) is 11.3 Å². The molecule has 2 saturated heterocycles. The van der Waals surface area contributed by atoms with Crippen molar-refractivity contribution in [2.45, 2.75) is 26.2 Å². The molecule has 6 nitrogen and oxygen atoms in total. The predicted molar refractivity (Wildman–Crippen MR) is 112 cm³/mol. The van der Waals surface area contributed by atoms with Gasteiger partial charge < -0.3 is 14.7 Å². The number of amides is 2. The van der Waals surface area contributed by atoms with Gasteiger partial charge in [0.15, 0.2) is 5.13 Å². The molecule has 0 unspecified atom stereocenters. The molecule has 0 radical (unpaired) electrons. The molecule has 7 heteroatoms. The molecule has 2 aliphatic rings. The number of aryl methyl sites for hydroxylation is 1. The predicted octanol–water partition coefficient (Wildman–Crippen LogP) is 2.80. The standard InChI is InChI=1S/C21H26N4O2S/c1-2-3-16-4-6-18(7-5-16)25-15-17(14-19(25)26)20(27)23-9-11-24(12-10-23)21-22-8-13-28-21/h4-8,13,17H,2-3,9-12,14-15H2,1H3/t17-/m0/s1. The molecule has 2 aromatic rings. The van der Waals surface area contributed by atoms with E-state index < -0.39 is 0 Å². The van der Waals surface area contributed by atoms with Gasteiger partial charge in [-0.25, -0.2) is 4.98 Å². The molecule has 0 bridgehead atoms. The van der Waals surface area contributed by atoms with Gasteiger partial charge in [0, 0.05) is 56.4 Å². The van der Waals surface area contributed by atoms with E-state index in [1.807, 2.05) is 28.6 Å². The van der Waals surface area contributed by atoms with Crippen molar-refractivity contribution >= 4 is 34.0 Å². The minimum Gasteiger partial charge on any atom is -0.345 e. The molecule has 2 aliphatic heterocycles. The fraction of sp³-hybridized carbons (Fsp3) is 0.476. The number of aromatic nitrogens is 1. The maximum Gasteiger partial charge on any atom is 0.228 e. The molecule has 0 spiro atoms. The van der Waals surface area contributed by atoms with Crippen LogP contribution in [-0.4, -0.2) is 54.4 Å². The molecule has 1 aromatic heterocycles. The molecule has 2 amide bonds. The van der Waals surface area contributed by atoms with Gasteiger partial charge in [-0.3, -0.25) is 9.59 Å². The van der Waals surface area contributed by atoms with Crippen LogP contribution in [-0.2, 0) is 16.0 Å². The third kappa shape index (κ3) is 3.90. The van der Waals surface area contributed by atoms with E-state index >= 15 is 0 Å². The quantitative estimate of drug-likeness (QED) is 0.777. The fourth-order valence-corrected chi connectivity index (χ4v) is 4.70. The summed E-state index contributed by atoms with van der Waals surface area (Å²) in [6, 6.07) is 8.17. The van der Waals surface area contributed by atoms with Crippen molar-refractivity contribution in [1.82, 2.24) is 9.88 Å². The highest BCUT2D eigenvalue weighted by Crippen LogP contribution is 2.27. The van der Waals surface area contributed by atoms with Gasteiger partial charge in [0.2, 0.25) is 11.8 Å². The van der Waals surface area contributed by atoms with E-state index in [9.17, 15) is 9.59 Å². The van der Waals surface area contributed by atoms with Crippen LogP contribution in [0, 0.1) is 5.92 Å². The van der Waals surface area contributed by atoms with Crippen molar-refractivity contribution in [3.63, 3.8) is 0 Å². The molecule has 4 rings (SSSR count). The zero-order chi connectivity index (χ0) is 19.5. The molecule has 0 aliphatic carbocycles. The third-order valence-corrected chi connectivity index (χ3v) is 6.37. The average Bonchev–Trinajstić information content (AvgIpc) is 3.39. The highest BCUT2D eigenvalue weighted by Gasteiger charge is 2.38. The van der Waals surface area contributed by atoms with E-state index in [0.717, 1.165) is 36.8 Å². The highest BCUT2D eigenvalue weighted by molar-refractivity contribution is 7.13. The summed E-state index contributed by atoms with van der Waals surface area (Å²) in [5.74, 6) is -0.0884. The Hall–Kier alpha value is -2.41. The van der Waals surface area contributed by atoms with Gasteiger partial charge in [0.05, 0.1) is 5.92 Å². The number of hydrogen-bond acceptors (Lipinski definition) is 5. The van der Waals surface area contributed by atoms with Crippen LogP contribution in [0.15, 0.2) is 35.8 Å². The van der Waals surface area contributed by atoms with Crippen LogP contribution in [0.1, 0.15) is 25.3 Å². The number of rotatable bonds is 5. The van der Waals surface area contributed by atoms with Crippen molar-refractivity contribution < 1.29 is 9.59 Å². The number of carbonyl (C=O) groups is 2. The summed E-state index contributed by atoms with van der Waals surface area (Å²) < 4.78 is 0. The summed E-state index contributed by atoms with van der Waals surface area (Å²) in [6.07, 6.45) is 4.27. The monoisotopic (exact) mass is 398 g/mol. The molecule has 28 heavy (non-hydrogen) atoms. The summed E-state index contributed by atoms with van der Waals surface area (Å²) in [7, 11) is 0. The van der Waals surface area contributed by atoms with Gasteiger partial charge in [-0.2, -0.15) is 0 Å². The Kier molecular flexibility index (Phi) is 5.62. The normalized spacial score (nSPS) is 20.1. The molecular weight excluding hydrogens is 372 g/mol. The Morgan fingerprint density at radius 3 is 2.57 bits per heavy atom. The average molecular weight is 399 g/mol. The molecule has 1 atom stereocenters. The first-order valence-corrected chi connectivity index (χ1v) is 10.9. The summed E-state index contributed by atoms with van der Waals surface area (Å²) in [4.78, 5) is 35.8. The summed E-state index contributed by atoms with van der Waals surface area (Å²) >= 11 is 1.63. The zero-order valence-corrected chi connectivity index (χ0v) is 17.0. The van der Waals surface area contributed by atoms with Gasteiger partial charge in [0.25, 0.3) is 0 Å². The number of hydrogen-bond donors (Lipinski definition) is 0. The van der Waals surface area contributed by atoms with Crippen LogP contribution in [0.4, 0.5) is 10.8 Å². The Balaban J connectivity index is 1.35. The first-order chi connectivity index (χ1) is 13.7. The highest BCUT2D eigenvalue weighted by atomic mass is 32.1. The molecule has 3 heterocycles. The first kappa shape index (κ1) is 18.9.